The van der Waals surface area contributed by atoms with Crippen molar-refractivity contribution in [2.45, 2.75) is 39.2 Å². The summed E-state index contributed by atoms with van der Waals surface area (Å²) in [4.78, 5) is 6.79. The van der Waals surface area contributed by atoms with Crippen molar-refractivity contribution in [1.29, 1.82) is 5.26 Å². The second-order valence-corrected chi connectivity index (χ2v) is 10.0. The Morgan fingerprint density at radius 3 is 2.44 bits per heavy atom. The smallest absolute Gasteiger partial charge is 0.212 e. The van der Waals surface area contributed by atoms with Gasteiger partial charge in [0.15, 0.2) is 5.82 Å². The van der Waals surface area contributed by atoms with Gasteiger partial charge in [0.05, 0.1) is 23.4 Å². The molecule has 34 heavy (non-hydrogen) atoms. The van der Waals surface area contributed by atoms with Gasteiger partial charge in [0.2, 0.25) is 10.0 Å². The largest absolute Gasteiger partial charge is 0.304 e. The molecule has 1 aromatic heterocycles. The molecule has 0 radical (unpaired) electrons. The molecule has 0 aliphatic heterocycles. The average molecular weight is 481 g/mol. The molecule has 0 saturated heterocycles. The molecule has 0 bridgehead atoms. The van der Waals surface area contributed by atoms with E-state index in [1.54, 1.807) is 24.3 Å². The van der Waals surface area contributed by atoms with E-state index in [1.165, 1.54) is 0 Å². The van der Waals surface area contributed by atoms with Gasteiger partial charge in [-0.3, -0.25) is 5.10 Å². The van der Waals surface area contributed by atoms with Gasteiger partial charge in [-0.2, -0.15) is 10.4 Å². The molecule has 2 aromatic carbocycles. The maximum atomic E-state index is 12.9. The van der Waals surface area contributed by atoms with Crippen molar-refractivity contribution in [2.24, 2.45) is 0 Å². The summed E-state index contributed by atoms with van der Waals surface area (Å²) in [6.07, 6.45) is 1.80. The highest BCUT2D eigenvalue weighted by atomic mass is 32.2. The molecule has 1 heterocycles. The SMILES string of the molecule is CCN(CC)CCCS(=O)(=O)N[C@H](CCc1ccccc1)c1nc(-c2ccc(C#N)cc2)n[nH]1. The molecule has 0 spiro atoms. The number of sulfonamides is 1. The quantitative estimate of drug-likeness (QED) is 0.386. The summed E-state index contributed by atoms with van der Waals surface area (Å²) in [5.41, 5.74) is 2.43. The lowest BCUT2D eigenvalue weighted by Crippen LogP contribution is -2.33. The molecule has 0 fully saturated rings. The lowest BCUT2D eigenvalue weighted by molar-refractivity contribution is 0.304. The first kappa shape index (κ1) is 25.6. The normalized spacial score (nSPS) is 12.5. The van der Waals surface area contributed by atoms with Crippen molar-refractivity contribution in [3.05, 3.63) is 71.5 Å². The van der Waals surface area contributed by atoms with Gasteiger partial charge in [-0.1, -0.05) is 44.2 Å². The number of rotatable bonds is 13. The Morgan fingerprint density at radius 2 is 1.79 bits per heavy atom. The molecule has 8 nitrogen and oxygen atoms in total. The standard InChI is InChI=1S/C25H32N6O2S/c1-3-31(4-2)17-8-18-34(32,33)30-23(16-13-20-9-6-5-7-10-20)25-27-24(28-29-25)22-14-11-21(19-26)12-15-22/h5-7,9-12,14-15,23,30H,3-4,8,13,16-18H2,1-2H3,(H,27,28,29)/t23-/m1/s1. The third-order valence-electron chi connectivity index (χ3n) is 5.77. The first-order chi connectivity index (χ1) is 16.4. The zero-order valence-electron chi connectivity index (χ0n) is 19.7. The highest BCUT2D eigenvalue weighted by Crippen LogP contribution is 2.21. The molecule has 9 heteroatoms. The van der Waals surface area contributed by atoms with Crippen molar-refractivity contribution < 1.29 is 8.42 Å². The van der Waals surface area contributed by atoms with Crippen LogP contribution in [0.2, 0.25) is 0 Å². The topological polar surface area (TPSA) is 115 Å². The lowest BCUT2D eigenvalue weighted by atomic mass is 10.1. The number of aromatic amines is 1. The summed E-state index contributed by atoms with van der Waals surface area (Å²) in [5.74, 6) is 0.995. The van der Waals surface area contributed by atoms with Crippen LogP contribution in [-0.4, -0.2) is 53.9 Å². The zero-order valence-corrected chi connectivity index (χ0v) is 20.6. The number of aryl methyl sites for hydroxylation is 1. The second-order valence-electron chi connectivity index (χ2n) is 8.13. The molecule has 3 rings (SSSR count). The lowest BCUT2D eigenvalue weighted by Gasteiger charge is -2.19. The van der Waals surface area contributed by atoms with Crippen LogP contribution in [0.25, 0.3) is 11.4 Å². The van der Waals surface area contributed by atoms with Crippen LogP contribution in [0.1, 0.15) is 49.7 Å². The van der Waals surface area contributed by atoms with Gasteiger partial charge in [-0.05, 0) is 68.7 Å². The molecule has 1 atom stereocenters. The maximum Gasteiger partial charge on any atom is 0.212 e. The van der Waals surface area contributed by atoms with E-state index in [-0.39, 0.29) is 5.75 Å². The van der Waals surface area contributed by atoms with Gasteiger partial charge in [-0.25, -0.2) is 18.1 Å². The molecule has 3 aromatic rings. The van der Waals surface area contributed by atoms with Crippen LogP contribution >= 0.6 is 0 Å². The maximum absolute atomic E-state index is 12.9. The Hall–Kier alpha value is -3.06. The van der Waals surface area contributed by atoms with E-state index >= 15 is 0 Å². The van der Waals surface area contributed by atoms with Crippen molar-refractivity contribution in [1.82, 2.24) is 24.8 Å². The highest BCUT2D eigenvalue weighted by molar-refractivity contribution is 7.89. The molecule has 0 amide bonds. The van der Waals surface area contributed by atoms with Gasteiger partial charge in [0.25, 0.3) is 0 Å². The number of nitrogens with zero attached hydrogens (tertiary/aromatic N) is 4. The van der Waals surface area contributed by atoms with Gasteiger partial charge in [-0.15, -0.1) is 0 Å². The number of H-pyrrole nitrogens is 1. The summed E-state index contributed by atoms with van der Waals surface area (Å²) in [7, 11) is -3.51. The van der Waals surface area contributed by atoms with Gasteiger partial charge in [0, 0.05) is 5.56 Å². The van der Waals surface area contributed by atoms with Gasteiger partial charge < -0.3 is 4.90 Å². The summed E-state index contributed by atoms with van der Waals surface area (Å²) < 4.78 is 28.7. The predicted octanol–water partition coefficient (Wildman–Crippen LogP) is 3.67. The molecule has 2 N–H and O–H groups in total. The van der Waals surface area contributed by atoms with E-state index in [0.717, 1.165) is 30.8 Å². The minimum Gasteiger partial charge on any atom is -0.304 e. The number of hydrogen-bond donors (Lipinski definition) is 2. The Balaban J connectivity index is 1.75. The number of aromatic nitrogens is 3. The van der Waals surface area contributed by atoms with Gasteiger partial charge >= 0.3 is 0 Å². The summed E-state index contributed by atoms with van der Waals surface area (Å²) in [6.45, 7) is 6.70. The molecule has 0 aliphatic rings. The van der Waals surface area contributed by atoms with Crippen LogP contribution in [0.3, 0.4) is 0 Å². The third-order valence-corrected chi connectivity index (χ3v) is 7.24. The molecule has 0 unspecified atom stereocenters. The summed E-state index contributed by atoms with van der Waals surface area (Å²) in [6, 6.07) is 18.5. The van der Waals surface area contributed by atoms with E-state index in [4.69, 9.17) is 5.26 Å². The van der Waals surface area contributed by atoms with Crippen molar-refractivity contribution in [3.8, 4) is 17.5 Å². The molecule has 180 valence electrons. The molecular weight excluding hydrogens is 448 g/mol. The van der Waals surface area contributed by atoms with Crippen LogP contribution in [0, 0.1) is 11.3 Å². The zero-order chi connectivity index (χ0) is 24.4. The van der Waals surface area contributed by atoms with Crippen LogP contribution in [0.5, 0.6) is 0 Å². The van der Waals surface area contributed by atoms with E-state index < -0.39 is 16.1 Å². The average Bonchev–Trinajstić information content (AvgIpc) is 3.35. The Labute approximate surface area is 202 Å². The Bertz CT molecular complexity index is 1170. The molecular formula is C25H32N6O2S. The number of nitrogens with one attached hydrogen (secondary N) is 2. The van der Waals surface area contributed by atoms with Crippen LogP contribution in [0.4, 0.5) is 0 Å². The number of benzene rings is 2. The Morgan fingerprint density at radius 1 is 1.09 bits per heavy atom. The fourth-order valence-electron chi connectivity index (χ4n) is 3.75. The summed E-state index contributed by atoms with van der Waals surface area (Å²) >= 11 is 0. The van der Waals surface area contributed by atoms with Crippen LogP contribution in [-0.2, 0) is 16.4 Å². The van der Waals surface area contributed by atoms with Crippen molar-refractivity contribution >= 4 is 10.0 Å². The minimum atomic E-state index is -3.51. The van der Waals surface area contributed by atoms with Crippen LogP contribution < -0.4 is 4.72 Å². The molecule has 0 aliphatic carbocycles. The van der Waals surface area contributed by atoms with Crippen LogP contribution in [0.15, 0.2) is 54.6 Å². The number of hydrogen-bond acceptors (Lipinski definition) is 6. The number of nitriles is 1. The van der Waals surface area contributed by atoms with E-state index in [1.807, 2.05) is 30.3 Å². The fourth-order valence-corrected chi connectivity index (χ4v) is 5.04. The molecule has 0 saturated carbocycles. The minimum absolute atomic E-state index is 0.0575. The predicted molar refractivity (Wildman–Crippen MR) is 133 cm³/mol. The second kappa shape index (κ2) is 12.4. The fraction of sp³-hybridized carbons (Fsp3) is 0.400. The summed E-state index contributed by atoms with van der Waals surface area (Å²) in [5, 5.41) is 16.2. The van der Waals surface area contributed by atoms with Crippen molar-refractivity contribution in [2.75, 3.05) is 25.4 Å². The van der Waals surface area contributed by atoms with E-state index in [0.29, 0.717) is 36.5 Å². The first-order valence-electron chi connectivity index (χ1n) is 11.6. The van der Waals surface area contributed by atoms with Crippen molar-refractivity contribution in [3.63, 3.8) is 0 Å². The van der Waals surface area contributed by atoms with E-state index in [9.17, 15) is 8.42 Å². The monoisotopic (exact) mass is 480 g/mol. The Kier molecular flexibility index (Phi) is 9.33. The first-order valence-corrected chi connectivity index (χ1v) is 13.3. The highest BCUT2D eigenvalue weighted by Gasteiger charge is 2.23. The van der Waals surface area contributed by atoms with E-state index in [2.05, 4.69) is 44.7 Å². The van der Waals surface area contributed by atoms with Gasteiger partial charge in [0.1, 0.15) is 5.82 Å². The third kappa shape index (κ3) is 7.48.